The summed E-state index contributed by atoms with van der Waals surface area (Å²) in [6.07, 6.45) is 1.73. The fraction of sp³-hybridized carbons (Fsp3) is 0.353. The molecule has 0 spiro atoms. The van der Waals surface area contributed by atoms with Gasteiger partial charge in [-0.1, -0.05) is 59.6 Å². The lowest BCUT2D eigenvalue weighted by Crippen LogP contribution is -2.59. The third kappa shape index (κ3) is 6.15. The van der Waals surface area contributed by atoms with Crippen molar-refractivity contribution in [2.24, 2.45) is 0 Å². The van der Waals surface area contributed by atoms with E-state index in [0.29, 0.717) is 66.6 Å². The van der Waals surface area contributed by atoms with Crippen molar-refractivity contribution >= 4 is 23.2 Å². The zero-order chi connectivity index (χ0) is 31.2. The number of likely N-dealkylation sites (tertiary alicyclic amines) is 2. The molecule has 2 N–H and O–H groups in total. The lowest BCUT2D eigenvalue weighted by Gasteiger charge is -2.44. The molecule has 2 aromatic heterocycles. The fourth-order valence-electron chi connectivity index (χ4n) is 6.27. The van der Waals surface area contributed by atoms with Crippen molar-refractivity contribution in [1.82, 2.24) is 19.8 Å². The van der Waals surface area contributed by atoms with E-state index >= 15 is 0 Å². The molecule has 2 aliphatic rings. The number of hydrogen-bond donors (Lipinski definition) is 2. The van der Waals surface area contributed by atoms with Crippen molar-refractivity contribution in [1.29, 1.82) is 0 Å². The number of β-amino-alcohol motifs (C(OH)–C–C–N with tert-alkyl or cyclic N) is 2. The molecule has 0 atom stereocenters. The fourth-order valence-corrected chi connectivity index (χ4v) is 6.92. The molecular formula is C34H36Cl2N4O4. The highest BCUT2D eigenvalue weighted by Gasteiger charge is 2.37. The van der Waals surface area contributed by atoms with Crippen LogP contribution in [0.15, 0.2) is 60.8 Å². The number of nitrogens with zero attached hydrogens (tertiary/aromatic N) is 4. The van der Waals surface area contributed by atoms with Crippen molar-refractivity contribution in [3.8, 4) is 45.3 Å². The van der Waals surface area contributed by atoms with E-state index in [0.717, 1.165) is 39.1 Å². The Labute approximate surface area is 267 Å². The number of aliphatic hydroxyl groups is 2. The highest BCUT2D eigenvalue weighted by molar-refractivity contribution is 6.39. The van der Waals surface area contributed by atoms with Crippen molar-refractivity contribution in [3.05, 3.63) is 82.0 Å². The molecule has 230 valence electrons. The number of hydrogen-bond acceptors (Lipinski definition) is 8. The summed E-state index contributed by atoms with van der Waals surface area (Å²) >= 11 is 14.1. The predicted molar refractivity (Wildman–Crippen MR) is 173 cm³/mol. The van der Waals surface area contributed by atoms with E-state index in [1.807, 2.05) is 68.4 Å². The van der Waals surface area contributed by atoms with Crippen molar-refractivity contribution < 1.29 is 19.7 Å². The van der Waals surface area contributed by atoms with E-state index in [2.05, 4.69) is 14.8 Å². The number of benzene rings is 2. The first-order valence-corrected chi connectivity index (χ1v) is 15.3. The Bertz CT molecular complexity index is 1570. The minimum absolute atomic E-state index is 0.478. The summed E-state index contributed by atoms with van der Waals surface area (Å²) in [6.45, 7) is 7.49. The molecule has 0 unspecified atom stereocenters. The van der Waals surface area contributed by atoms with Crippen molar-refractivity contribution in [2.75, 3.05) is 40.4 Å². The van der Waals surface area contributed by atoms with Gasteiger partial charge in [0, 0.05) is 78.8 Å². The third-order valence-electron chi connectivity index (χ3n) is 8.19. The van der Waals surface area contributed by atoms with Gasteiger partial charge in [0.2, 0.25) is 5.88 Å². The molecule has 0 saturated carbocycles. The van der Waals surface area contributed by atoms with Crippen molar-refractivity contribution in [2.45, 2.75) is 38.1 Å². The molecule has 2 aromatic carbocycles. The Morgan fingerprint density at radius 2 is 1.39 bits per heavy atom. The van der Waals surface area contributed by atoms with E-state index in [4.69, 9.17) is 37.7 Å². The van der Waals surface area contributed by atoms with Crippen LogP contribution in [-0.4, -0.2) is 81.6 Å². The van der Waals surface area contributed by atoms with Crippen LogP contribution in [0.2, 0.25) is 10.0 Å². The van der Waals surface area contributed by atoms with Crippen LogP contribution in [-0.2, 0) is 13.1 Å². The molecule has 44 heavy (non-hydrogen) atoms. The van der Waals surface area contributed by atoms with Gasteiger partial charge in [-0.25, -0.2) is 4.98 Å². The van der Waals surface area contributed by atoms with E-state index in [-0.39, 0.29) is 0 Å². The summed E-state index contributed by atoms with van der Waals surface area (Å²) in [7, 11) is 3.26. The summed E-state index contributed by atoms with van der Waals surface area (Å²) in [5, 5.41) is 21.2. The number of halogens is 2. The van der Waals surface area contributed by atoms with Crippen LogP contribution in [0.4, 0.5) is 0 Å². The Morgan fingerprint density at radius 3 is 2.02 bits per heavy atom. The molecule has 0 radical (unpaired) electrons. The van der Waals surface area contributed by atoms with Crippen LogP contribution in [0.1, 0.15) is 25.0 Å². The largest absolute Gasteiger partial charge is 0.496 e. The third-order valence-corrected chi connectivity index (χ3v) is 8.98. The quantitative estimate of drug-likeness (QED) is 0.234. The van der Waals surface area contributed by atoms with Gasteiger partial charge < -0.3 is 19.7 Å². The maximum absolute atomic E-state index is 10.1. The molecule has 0 bridgehead atoms. The van der Waals surface area contributed by atoms with Gasteiger partial charge in [-0.3, -0.25) is 14.8 Å². The highest BCUT2D eigenvalue weighted by atomic mass is 35.5. The molecule has 4 heterocycles. The zero-order valence-corrected chi connectivity index (χ0v) is 26.8. The number of methoxy groups -OCH3 is 2. The first kappa shape index (κ1) is 30.8. The molecule has 2 saturated heterocycles. The maximum Gasteiger partial charge on any atom is 0.218 e. The molecule has 10 heteroatoms. The van der Waals surface area contributed by atoms with Crippen LogP contribution in [0.25, 0.3) is 33.6 Å². The molecule has 0 amide bonds. The Hall–Kier alpha value is -3.24. The standard InChI is InChI=1S/C34H36Cl2N4O4/c1-33(41)17-39(18-33)15-22-9-8-21(14-28(22)43-3)31-30(36)25(12-13-37-31)24-6-5-7-26(29(24)35)27-11-10-23(32(38-27)44-4)16-40-19-34(2,42)20-40/h5-14,41-42H,15-20H2,1-4H3. The lowest BCUT2D eigenvalue weighted by atomic mass is 9.95. The summed E-state index contributed by atoms with van der Waals surface area (Å²) in [5.74, 6) is 1.26. The van der Waals surface area contributed by atoms with Crippen LogP contribution in [0.3, 0.4) is 0 Å². The SMILES string of the molecule is COc1cc(-c2nccc(-c3cccc(-c4ccc(CN5CC(C)(O)C5)c(OC)n4)c3Cl)c2Cl)ccc1CN1CC(C)(O)C1. The smallest absolute Gasteiger partial charge is 0.218 e. The van der Waals surface area contributed by atoms with Gasteiger partial charge in [-0.15, -0.1) is 0 Å². The van der Waals surface area contributed by atoms with Gasteiger partial charge in [0.15, 0.2) is 0 Å². The monoisotopic (exact) mass is 634 g/mol. The topological polar surface area (TPSA) is 91.2 Å². The summed E-state index contributed by atoms with van der Waals surface area (Å²) in [5.41, 5.74) is 5.10. The van der Waals surface area contributed by atoms with Crippen LogP contribution in [0, 0.1) is 0 Å². The van der Waals surface area contributed by atoms with E-state index in [1.165, 1.54) is 0 Å². The number of aromatic nitrogens is 2. The molecule has 8 nitrogen and oxygen atoms in total. The number of pyridine rings is 2. The van der Waals surface area contributed by atoms with E-state index in [1.54, 1.807) is 20.4 Å². The maximum atomic E-state index is 10.1. The van der Waals surface area contributed by atoms with E-state index in [9.17, 15) is 10.2 Å². The second-order valence-corrected chi connectivity index (χ2v) is 13.1. The Balaban J connectivity index is 1.28. The Kier molecular flexibility index (Phi) is 8.34. The lowest BCUT2D eigenvalue weighted by molar-refractivity contribution is -0.0876. The normalized spacial score (nSPS) is 17.5. The Morgan fingerprint density at radius 1 is 0.773 bits per heavy atom. The first-order chi connectivity index (χ1) is 21.0. The van der Waals surface area contributed by atoms with Gasteiger partial charge in [0.05, 0.1) is 46.9 Å². The number of rotatable bonds is 9. The molecule has 2 fully saturated rings. The first-order valence-electron chi connectivity index (χ1n) is 14.5. The molecule has 0 aliphatic carbocycles. The summed E-state index contributed by atoms with van der Waals surface area (Å²) < 4.78 is 11.4. The average molecular weight is 636 g/mol. The van der Waals surface area contributed by atoms with Gasteiger partial charge in [-0.2, -0.15) is 0 Å². The van der Waals surface area contributed by atoms with Crippen LogP contribution in [0.5, 0.6) is 11.6 Å². The van der Waals surface area contributed by atoms with E-state index < -0.39 is 11.2 Å². The van der Waals surface area contributed by atoms with Crippen LogP contribution >= 0.6 is 23.2 Å². The highest BCUT2D eigenvalue weighted by Crippen LogP contribution is 2.42. The number of ether oxygens (including phenoxy) is 2. The van der Waals surface area contributed by atoms with Gasteiger partial charge >= 0.3 is 0 Å². The van der Waals surface area contributed by atoms with Crippen molar-refractivity contribution in [3.63, 3.8) is 0 Å². The van der Waals surface area contributed by atoms with Gasteiger partial charge in [0.1, 0.15) is 5.75 Å². The molecule has 2 aliphatic heterocycles. The minimum atomic E-state index is -0.643. The molecular weight excluding hydrogens is 599 g/mol. The summed E-state index contributed by atoms with van der Waals surface area (Å²) in [6, 6.07) is 17.5. The second kappa shape index (κ2) is 11.9. The molecule has 6 rings (SSSR count). The van der Waals surface area contributed by atoms with Crippen LogP contribution < -0.4 is 9.47 Å². The second-order valence-electron chi connectivity index (χ2n) is 12.4. The zero-order valence-electron chi connectivity index (χ0n) is 25.3. The van der Waals surface area contributed by atoms with Gasteiger partial charge in [0.25, 0.3) is 0 Å². The van der Waals surface area contributed by atoms with Gasteiger partial charge in [-0.05, 0) is 32.0 Å². The minimum Gasteiger partial charge on any atom is -0.496 e. The molecule has 4 aromatic rings. The predicted octanol–water partition coefficient (Wildman–Crippen LogP) is 5.93. The summed E-state index contributed by atoms with van der Waals surface area (Å²) in [4.78, 5) is 13.7. The average Bonchev–Trinajstić information content (AvgIpc) is 2.96.